The van der Waals surface area contributed by atoms with Gasteiger partial charge in [0.25, 0.3) is 0 Å². The number of hydrogen-bond acceptors (Lipinski definition) is 0. The van der Waals surface area contributed by atoms with Crippen LogP contribution in [0, 0.1) is 18.8 Å². The molecule has 1 aromatic rings. The normalized spacial score (nSPS) is 19.1. The third kappa shape index (κ3) is 2.34. The van der Waals surface area contributed by atoms with E-state index < -0.39 is 0 Å². The molecule has 0 saturated carbocycles. The number of aromatic nitrogens is 1. The van der Waals surface area contributed by atoms with Crippen LogP contribution < -0.4 is 0 Å². The van der Waals surface area contributed by atoms with Crippen LogP contribution in [0.2, 0.25) is 0 Å². The van der Waals surface area contributed by atoms with Crippen molar-refractivity contribution in [2.24, 2.45) is 11.8 Å². The van der Waals surface area contributed by atoms with Gasteiger partial charge in [0.2, 0.25) is 0 Å². The molecule has 0 bridgehead atoms. The van der Waals surface area contributed by atoms with Gasteiger partial charge >= 0.3 is 0 Å². The predicted molar refractivity (Wildman–Crippen MR) is 71.3 cm³/mol. The highest BCUT2D eigenvalue weighted by Gasteiger charge is 2.36. The van der Waals surface area contributed by atoms with Crippen LogP contribution in [-0.4, -0.2) is 4.57 Å². The fourth-order valence-electron chi connectivity index (χ4n) is 2.64. The lowest BCUT2D eigenvalue weighted by atomic mass is 9.73. The Morgan fingerprint density at radius 1 is 1.12 bits per heavy atom. The number of hydrogen-bond donors (Lipinski definition) is 0. The second kappa shape index (κ2) is 5.56. The third-order valence-electron chi connectivity index (χ3n) is 4.13. The first-order chi connectivity index (χ1) is 7.57. The van der Waals surface area contributed by atoms with Crippen molar-refractivity contribution in [1.29, 1.82) is 0 Å². The average Bonchev–Trinajstić information content (AvgIpc) is 2.80. The first kappa shape index (κ1) is 13.3. The molecule has 1 rings (SSSR count). The highest BCUT2D eigenvalue weighted by molar-refractivity contribution is 5.04. The summed E-state index contributed by atoms with van der Waals surface area (Å²) in [4.78, 5) is 0. The topological polar surface area (TPSA) is 4.93 Å². The zero-order valence-corrected chi connectivity index (χ0v) is 11.2. The molecule has 0 amide bonds. The molecule has 1 radical (unpaired) electrons. The predicted octanol–water partition coefficient (Wildman–Crippen LogP) is 4.50. The zero-order chi connectivity index (χ0) is 12.2. The van der Waals surface area contributed by atoms with Gasteiger partial charge < -0.3 is 4.57 Å². The molecule has 1 heterocycles. The van der Waals surface area contributed by atoms with Gasteiger partial charge in [0.15, 0.2) is 0 Å². The third-order valence-corrected chi connectivity index (χ3v) is 4.13. The molecule has 1 heteroatoms. The smallest absolute Gasteiger partial charge is 0.0491 e. The molecule has 0 aliphatic carbocycles. The molecular weight excluding hydrogens is 194 g/mol. The minimum atomic E-state index is 0.00819. The van der Waals surface area contributed by atoms with Crippen LogP contribution in [0.15, 0.2) is 24.5 Å². The Hall–Kier alpha value is -0.720. The highest BCUT2D eigenvalue weighted by Crippen LogP contribution is 2.37. The van der Waals surface area contributed by atoms with Gasteiger partial charge in [-0.15, -0.1) is 0 Å². The number of rotatable bonds is 6. The summed E-state index contributed by atoms with van der Waals surface area (Å²) in [7, 11) is 0. The second-order valence-corrected chi connectivity index (χ2v) is 5.08. The van der Waals surface area contributed by atoms with Crippen LogP contribution in [0.5, 0.6) is 0 Å². The largest absolute Gasteiger partial charge is 0.348 e. The standard InChI is InChI=1S/C15H26N/c1-6-10-14(4)15(5,13(3)7-2)16-11-8-9-12-16/h8-9,11-14H,5-7,10H2,1-4H3. The Bertz CT molecular complexity index is 288. The van der Waals surface area contributed by atoms with Crippen LogP contribution >= 0.6 is 0 Å². The first-order valence-electron chi connectivity index (χ1n) is 6.56. The molecule has 16 heavy (non-hydrogen) atoms. The van der Waals surface area contributed by atoms with Gasteiger partial charge in [0.1, 0.15) is 0 Å². The van der Waals surface area contributed by atoms with Gasteiger partial charge in [0.05, 0.1) is 0 Å². The lowest BCUT2D eigenvalue weighted by molar-refractivity contribution is 0.144. The van der Waals surface area contributed by atoms with Gasteiger partial charge in [-0.25, -0.2) is 0 Å². The van der Waals surface area contributed by atoms with E-state index in [0.29, 0.717) is 11.8 Å². The van der Waals surface area contributed by atoms with Crippen molar-refractivity contribution < 1.29 is 0 Å². The summed E-state index contributed by atoms with van der Waals surface area (Å²) in [5.41, 5.74) is 0.00819. The molecule has 0 spiro atoms. The summed E-state index contributed by atoms with van der Waals surface area (Å²) in [6.07, 6.45) is 7.97. The van der Waals surface area contributed by atoms with Crippen LogP contribution in [-0.2, 0) is 5.54 Å². The Morgan fingerprint density at radius 2 is 1.69 bits per heavy atom. The maximum atomic E-state index is 4.56. The Labute approximate surface area is 101 Å². The van der Waals surface area contributed by atoms with E-state index in [1.54, 1.807) is 0 Å². The van der Waals surface area contributed by atoms with E-state index in [4.69, 9.17) is 0 Å². The molecule has 0 aliphatic heterocycles. The van der Waals surface area contributed by atoms with E-state index >= 15 is 0 Å². The highest BCUT2D eigenvalue weighted by atomic mass is 15.0. The van der Waals surface area contributed by atoms with Crippen molar-refractivity contribution in [2.75, 3.05) is 0 Å². The van der Waals surface area contributed by atoms with Crippen molar-refractivity contribution >= 4 is 0 Å². The van der Waals surface area contributed by atoms with E-state index in [2.05, 4.69) is 63.7 Å². The minimum absolute atomic E-state index is 0.00819. The molecule has 0 aromatic carbocycles. The van der Waals surface area contributed by atoms with Crippen LogP contribution in [0.4, 0.5) is 0 Å². The molecular formula is C15H26N. The zero-order valence-electron chi connectivity index (χ0n) is 11.2. The maximum Gasteiger partial charge on any atom is 0.0491 e. The summed E-state index contributed by atoms with van der Waals surface area (Å²) in [6.45, 7) is 13.7. The summed E-state index contributed by atoms with van der Waals surface area (Å²) in [6, 6.07) is 4.20. The van der Waals surface area contributed by atoms with E-state index in [1.807, 2.05) is 0 Å². The second-order valence-electron chi connectivity index (χ2n) is 5.08. The Morgan fingerprint density at radius 3 is 2.12 bits per heavy atom. The lowest BCUT2D eigenvalue weighted by Gasteiger charge is -2.42. The van der Waals surface area contributed by atoms with Crippen molar-refractivity contribution in [3.63, 3.8) is 0 Å². The van der Waals surface area contributed by atoms with Crippen LogP contribution in [0.1, 0.15) is 47.0 Å². The van der Waals surface area contributed by atoms with Gasteiger partial charge in [-0.2, -0.15) is 0 Å². The van der Waals surface area contributed by atoms with Gasteiger partial charge in [-0.3, -0.25) is 0 Å². The van der Waals surface area contributed by atoms with E-state index in [-0.39, 0.29) is 5.54 Å². The fraction of sp³-hybridized carbons (Fsp3) is 0.667. The SMILES string of the molecule is [CH2]C(C(C)CC)(C(C)CCC)n1cccc1. The summed E-state index contributed by atoms with van der Waals surface area (Å²) < 4.78 is 2.31. The van der Waals surface area contributed by atoms with Gasteiger partial charge in [-0.05, 0) is 37.3 Å². The van der Waals surface area contributed by atoms with Crippen molar-refractivity contribution in [2.45, 2.75) is 52.5 Å². The van der Waals surface area contributed by atoms with Crippen LogP contribution in [0.3, 0.4) is 0 Å². The molecule has 1 aromatic heterocycles. The van der Waals surface area contributed by atoms with Gasteiger partial charge in [0, 0.05) is 17.9 Å². The van der Waals surface area contributed by atoms with Crippen LogP contribution in [0.25, 0.3) is 0 Å². The van der Waals surface area contributed by atoms with Crippen molar-refractivity contribution in [3.8, 4) is 0 Å². The molecule has 0 aliphatic rings. The Balaban J connectivity index is 3.02. The Kier molecular flexibility index (Phi) is 4.64. The molecule has 0 fully saturated rings. The fourth-order valence-corrected chi connectivity index (χ4v) is 2.64. The van der Waals surface area contributed by atoms with E-state index in [1.165, 1.54) is 19.3 Å². The molecule has 3 atom stereocenters. The lowest BCUT2D eigenvalue weighted by Crippen LogP contribution is -2.42. The summed E-state index contributed by atoms with van der Waals surface area (Å²) >= 11 is 0. The van der Waals surface area contributed by atoms with Gasteiger partial charge in [-0.1, -0.05) is 40.5 Å². The quantitative estimate of drug-likeness (QED) is 0.665. The van der Waals surface area contributed by atoms with E-state index in [9.17, 15) is 0 Å². The average molecular weight is 220 g/mol. The molecule has 91 valence electrons. The molecule has 3 unspecified atom stereocenters. The molecule has 0 saturated heterocycles. The minimum Gasteiger partial charge on any atom is -0.348 e. The van der Waals surface area contributed by atoms with E-state index in [0.717, 1.165) is 0 Å². The monoisotopic (exact) mass is 220 g/mol. The first-order valence-corrected chi connectivity index (χ1v) is 6.56. The van der Waals surface area contributed by atoms with Crippen molar-refractivity contribution in [3.05, 3.63) is 31.5 Å². The summed E-state index contributed by atoms with van der Waals surface area (Å²) in [5, 5.41) is 0. The molecule has 0 N–H and O–H groups in total. The summed E-state index contributed by atoms with van der Waals surface area (Å²) in [5.74, 6) is 1.21. The number of nitrogens with zero attached hydrogens (tertiary/aromatic N) is 1. The molecule has 1 nitrogen and oxygen atoms in total. The van der Waals surface area contributed by atoms with Crippen molar-refractivity contribution in [1.82, 2.24) is 4.57 Å². The maximum absolute atomic E-state index is 4.56.